The average molecular weight is 293 g/mol. The number of alkyl halides is 3. The Kier molecular flexibility index (Phi) is 4.62. The minimum atomic E-state index is -4.17. The highest BCUT2D eigenvalue weighted by Crippen LogP contribution is 2.38. The van der Waals surface area contributed by atoms with Gasteiger partial charge >= 0.3 is 6.18 Å². The first-order chi connectivity index (χ1) is 9.28. The summed E-state index contributed by atoms with van der Waals surface area (Å²) in [5.41, 5.74) is -0.942. The lowest BCUT2D eigenvalue weighted by Gasteiger charge is -2.32. The van der Waals surface area contributed by atoms with Gasteiger partial charge in [-0.1, -0.05) is 19.3 Å². The second kappa shape index (κ2) is 5.92. The highest BCUT2D eigenvalue weighted by molar-refractivity contribution is 5.77. The number of carbonyl (C=O) groups excluding carboxylic acids is 1. The van der Waals surface area contributed by atoms with Crippen molar-refractivity contribution < 1.29 is 23.1 Å². The molecule has 0 saturated heterocycles. The molecule has 0 bridgehead atoms. The van der Waals surface area contributed by atoms with Gasteiger partial charge in [0, 0.05) is 6.04 Å². The van der Waals surface area contributed by atoms with Crippen molar-refractivity contribution in [1.82, 2.24) is 5.32 Å². The van der Waals surface area contributed by atoms with Crippen molar-refractivity contribution >= 4 is 5.91 Å². The fraction of sp³-hybridized carbons (Fsp3) is 0.929. The molecule has 2 unspecified atom stereocenters. The van der Waals surface area contributed by atoms with Gasteiger partial charge in [-0.05, 0) is 32.1 Å². The molecule has 20 heavy (non-hydrogen) atoms. The second-order valence-corrected chi connectivity index (χ2v) is 6.28. The van der Waals surface area contributed by atoms with Crippen LogP contribution in [0.5, 0.6) is 0 Å². The molecular weight excluding hydrogens is 271 g/mol. The van der Waals surface area contributed by atoms with E-state index in [2.05, 4.69) is 5.32 Å². The molecule has 1 amide bonds. The van der Waals surface area contributed by atoms with Crippen LogP contribution in [0, 0.1) is 5.92 Å². The molecule has 0 aliphatic heterocycles. The normalized spacial score (nSPS) is 30.2. The first-order valence-corrected chi connectivity index (χ1v) is 7.37. The van der Waals surface area contributed by atoms with Crippen LogP contribution < -0.4 is 5.32 Å². The van der Waals surface area contributed by atoms with Gasteiger partial charge in [0.2, 0.25) is 5.91 Å². The van der Waals surface area contributed by atoms with Crippen LogP contribution in [0.25, 0.3) is 0 Å². The first kappa shape index (κ1) is 15.6. The Balaban J connectivity index is 1.82. The van der Waals surface area contributed by atoms with E-state index in [0.717, 1.165) is 12.8 Å². The van der Waals surface area contributed by atoms with Crippen molar-refractivity contribution in [2.75, 3.05) is 0 Å². The minimum absolute atomic E-state index is 0.0141. The van der Waals surface area contributed by atoms with Crippen LogP contribution in [-0.2, 0) is 4.79 Å². The van der Waals surface area contributed by atoms with Crippen molar-refractivity contribution in [2.24, 2.45) is 5.92 Å². The van der Waals surface area contributed by atoms with E-state index in [9.17, 15) is 23.1 Å². The molecule has 2 rings (SSSR count). The van der Waals surface area contributed by atoms with E-state index in [-0.39, 0.29) is 25.2 Å². The zero-order valence-electron chi connectivity index (χ0n) is 11.5. The maximum Gasteiger partial charge on any atom is 0.391 e. The van der Waals surface area contributed by atoms with E-state index >= 15 is 0 Å². The summed E-state index contributed by atoms with van der Waals surface area (Å²) in [6.45, 7) is 0. The van der Waals surface area contributed by atoms with Crippen molar-refractivity contribution in [3.8, 4) is 0 Å². The lowest BCUT2D eigenvalue weighted by Crippen LogP contribution is -2.44. The number of amides is 1. The molecular formula is C14H22F3NO2. The lowest BCUT2D eigenvalue weighted by molar-refractivity contribution is -0.184. The van der Waals surface area contributed by atoms with E-state index in [4.69, 9.17) is 0 Å². The monoisotopic (exact) mass is 293 g/mol. The number of hydrogen-bond donors (Lipinski definition) is 2. The Bertz CT molecular complexity index is 351. The molecule has 2 aliphatic rings. The smallest absolute Gasteiger partial charge is 0.389 e. The van der Waals surface area contributed by atoms with Crippen LogP contribution >= 0.6 is 0 Å². The number of halogens is 3. The van der Waals surface area contributed by atoms with Crippen LogP contribution in [0.1, 0.15) is 57.8 Å². The summed E-state index contributed by atoms with van der Waals surface area (Å²) < 4.78 is 38.1. The van der Waals surface area contributed by atoms with Crippen LogP contribution in [0.4, 0.5) is 13.2 Å². The van der Waals surface area contributed by atoms with E-state index < -0.39 is 23.7 Å². The van der Waals surface area contributed by atoms with E-state index in [0.29, 0.717) is 25.7 Å². The van der Waals surface area contributed by atoms with E-state index in [1.54, 1.807) is 0 Å². The van der Waals surface area contributed by atoms with Crippen molar-refractivity contribution in [3.05, 3.63) is 0 Å². The number of aliphatic hydroxyl groups is 1. The summed E-state index contributed by atoms with van der Waals surface area (Å²) in [7, 11) is 0. The third-order valence-electron chi connectivity index (χ3n) is 4.53. The van der Waals surface area contributed by atoms with Crippen LogP contribution in [0.2, 0.25) is 0 Å². The van der Waals surface area contributed by atoms with E-state index in [1.165, 1.54) is 0 Å². The molecule has 2 atom stereocenters. The Labute approximate surface area is 116 Å². The molecule has 2 fully saturated rings. The average Bonchev–Trinajstić information content (AvgIpc) is 2.74. The summed E-state index contributed by atoms with van der Waals surface area (Å²) in [6.07, 6.45) is 0.0656. The Morgan fingerprint density at radius 2 is 1.85 bits per heavy atom. The van der Waals surface area contributed by atoms with Gasteiger partial charge in [-0.3, -0.25) is 4.79 Å². The topological polar surface area (TPSA) is 49.3 Å². The third-order valence-corrected chi connectivity index (χ3v) is 4.53. The molecule has 0 aromatic rings. The molecule has 0 heterocycles. The maximum absolute atomic E-state index is 12.7. The van der Waals surface area contributed by atoms with Crippen LogP contribution in [0.3, 0.4) is 0 Å². The van der Waals surface area contributed by atoms with E-state index in [1.807, 2.05) is 0 Å². The highest BCUT2D eigenvalue weighted by Gasteiger charge is 2.42. The molecule has 0 aromatic heterocycles. The number of hydrogen-bond acceptors (Lipinski definition) is 2. The largest absolute Gasteiger partial charge is 0.391 e. The summed E-state index contributed by atoms with van der Waals surface area (Å²) >= 11 is 0. The molecule has 0 spiro atoms. The molecule has 0 radical (unpaired) electrons. The number of nitrogens with one attached hydrogen (secondary N) is 1. The van der Waals surface area contributed by atoms with Gasteiger partial charge in [0.05, 0.1) is 17.9 Å². The van der Waals surface area contributed by atoms with Crippen LogP contribution in [-0.4, -0.2) is 28.8 Å². The molecule has 2 saturated carbocycles. The Morgan fingerprint density at radius 3 is 2.45 bits per heavy atom. The maximum atomic E-state index is 12.7. The van der Waals surface area contributed by atoms with Crippen molar-refractivity contribution in [1.29, 1.82) is 0 Å². The Morgan fingerprint density at radius 1 is 1.20 bits per heavy atom. The van der Waals surface area contributed by atoms with Gasteiger partial charge in [-0.15, -0.1) is 0 Å². The predicted octanol–water partition coefficient (Wildman–Crippen LogP) is 2.92. The third kappa shape index (κ3) is 4.11. The summed E-state index contributed by atoms with van der Waals surface area (Å²) in [6, 6.07) is -0.409. The zero-order valence-corrected chi connectivity index (χ0v) is 11.5. The summed E-state index contributed by atoms with van der Waals surface area (Å²) in [5.74, 6) is -1.63. The summed E-state index contributed by atoms with van der Waals surface area (Å²) in [4.78, 5) is 11.9. The molecule has 2 aliphatic carbocycles. The highest BCUT2D eigenvalue weighted by atomic mass is 19.4. The molecule has 2 N–H and O–H groups in total. The van der Waals surface area contributed by atoms with Gasteiger partial charge in [0.1, 0.15) is 0 Å². The Hall–Kier alpha value is -0.780. The fourth-order valence-corrected chi connectivity index (χ4v) is 3.41. The quantitative estimate of drug-likeness (QED) is 0.840. The van der Waals surface area contributed by atoms with Gasteiger partial charge < -0.3 is 10.4 Å². The SMILES string of the molecule is O=C(CC1(O)CCCC1)NC1CCCC(C(F)(F)F)C1. The van der Waals surface area contributed by atoms with Gasteiger partial charge in [0.25, 0.3) is 0 Å². The van der Waals surface area contributed by atoms with Crippen molar-refractivity contribution in [3.63, 3.8) is 0 Å². The van der Waals surface area contributed by atoms with Crippen LogP contribution in [0.15, 0.2) is 0 Å². The number of rotatable bonds is 3. The van der Waals surface area contributed by atoms with Gasteiger partial charge in [-0.25, -0.2) is 0 Å². The first-order valence-electron chi connectivity index (χ1n) is 7.37. The van der Waals surface area contributed by atoms with Crippen molar-refractivity contribution in [2.45, 2.75) is 75.6 Å². The lowest BCUT2D eigenvalue weighted by atomic mass is 9.85. The zero-order chi connectivity index (χ0) is 14.8. The minimum Gasteiger partial charge on any atom is -0.389 e. The predicted molar refractivity (Wildman–Crippen MR) is 68.0 cm³/mol. The van der Waals surface area contributed by atoms with Gasteiger partial charge in [0.15, 0.2) is 0 Å². The van der Waals surface area contributed by atoms with Gasteiger partial charge in [-0.2, -0.15) is 13.2 Å². The summed E-state index contributed by atoms with van der Waals surface area (Å²) in [5, 5.41) is 12.8. The molecule has 116 valence electrons. The fourth-order valence-electron chi connectivity index (χ4n) is 3.41. The molecule has 6 heteroatoms. The molecule has 3 nitrogen and oxygen atoms in total. The number of carbonyl (C=O) groups is 1. The second-order valence-electron chi connectivity index (χ2n) is 6.28. The molecule has 0 aromatic carbocycles. The standard InChI is InChI=1S/C14H22F3NO2/c15-14(16,17)10-4-3-5-11(8-10)18-12(19)9-13(20)6-1-2-7-13/h10-11,20H,1-9H2,(H,18,19).